The van der Waals surface area contributed by atoms with Gasteiger partial charge in [-0.05, 0) is 44.9 Å². The third kappa shape index (κ3) is 5.85. The van der Waals surface area contributed by atoms with E-state index in [9.17, 15) is 14.7 Å². The molecule has 1 rings (SSSR count). The summed E-state index contributed by atoms with van der Waals surface area (Å²) in [6, 6.07) is 6.47. The maximum Gasteiger partial charge on any atom is 0.514 e. The summed E-state index contributed by atoms with van der Waals surface area (Å²) in [5, 5.41) is 9.19. The van der Waals surface area contributed by atoms with E-state index in [2.05, 4.69) is 0 Å². The number of aliphatic carboxylic acids is 1. The van der Waals surface area contributed by atoms with Crippen LogP contribution in [0.2, 0.25) is 0 Å². The first kappa shape index (κ1) is 17.0. The van der Waals surface area contributed by atoms with Crippen LogP contribution in [0.25, 0.3) is 0 Å². The summed E-state index contributed by atoms with van der Waals surface area (Å²) in [7, 11) is 0. The number of carbonyl (C=O) groups excluding carboxylic acids is 1. The molecule has 1 unspecified atom stereocenters. The van der Waals surface area contributed by atoms with E-state index in [1.807, 2.05) is 6.92 Å². The Morgan fingerprint density at radius 2 is 1.76 bits per heavy atom. The van der Waals surface area contributed by atoms with Gasteiger partial charge in [-0.25, -0.2) is 4.79 Å². The number of carboxylic acid groups (broad SMARTS) is 1. The smallest absolute Gasteiger partial charge is 0.481 e. The minimum atomic E-state index is -0.849. The molecule has 0 saturated heterocycles. The summed E-state index contributed by atoms with van der Waals surface area (Å²) in [6.07, 6.45) is 0.577. The molecule has 1 aromatic carbocycles. The fraction of sp³-hybridized carbons (Fsp3) is 0.500. The standard InChI is InChI=1S/C16H22O5/c1-5-6-13(14(17)18)11-7-9-12(10-8-11)20-15(19)21-16(2,3)4/h7-10,13H,5-6H2,1-4H3,(H,17,18). The molecule has 0 spiro atoms. The number of ether oxygens (including phenoxy) is 2. The van der Waals surface area contributed by atoms with Crippen LogP contribution in [0, 0.1) is 0 Å². The monoisotopic (exact) mass is 294 g/mol. The lowest BCUT2D eigenvalue weighted by Crippen LogP contribution is -2.25. The molecule has 0 saturated carbocycles. The SMILES string of the molecule is CCCC(C(=O)O)c1ccc(OC(=O)OC(C)(C)C)cc1. The summed E-state index contributed by atoms with van der Waals surface area (Å²) in [5.74, 6) is -1.06. The fourth-order valence-corrected chi connectivity index (χ4v) is 1.86. The van der Waals surface area contributed by atoms with Crippen LogP contribution in [-0.2, 0) is 9.53 Å². The van der Waals surface area contributed by atoms with Gasteiger partial charge < -0.3 is 14.6 Å². The molecule has 0 fully saturated rings. The predicted molar refractivity (Wildman–Crippen MR) is 78.6 cm³/mol. The second-order valence-corrected chi connectivity index (χ2v) is 5.82. The van der Waals surface area contributed by atoms with Crippen molar-refractivity contribution in [2.75, 3.05) is 0 Å². The van der Waals surface area contributed by atoms with Crippen LogP contribution in [0.5, 0.6) is 5.75 Å². The Labute approximate surface area is 124 Å². The van der Waals surface area contributed by atoms with Crippen molar-refractivity contribution in [3.8, 4) is 5.75 Å². The zero-order valence-corrected chi connectivity index (χ0v) is 12.9. The highest BCUT2D eigenvalue weighted by Gasteiger charge is 2.20. The molecule has 0 radical (unpaired) electrons. The first-order valence-electron chi connectivity index (χ1n) is 6.96. The van der Waals surface area contributed by atoms with Gasteiger partial charge in [0, 0.05) is 0 Å². The Morgan fingerprint density at radius 3 is 2.19 bits per heavy atom. The first-order chi connectivity index (χ1) is 9.73. The number of rotatable bonds is 5. The van der Waals surface area contributed by atoms with Gasteiger partial charge in [0.1, 0.15) is 11.4 Å². The van der Waals surface area contributed by atoms with E-state index in [-0.39, 0.29) is 0 Å². The molecule has 21 heavy (non-hydrogen) atoms. The second-order valence-electron chi connectivity index (χ2n) is 5.82. The molecule has 1 atom stereocenters. The van der Waals surface area contributed by atoms with Gasteiger partial charge in [-0.2, -0.15) is 0 Å². The van der Waals surface area contributed by atoms with E-state index in [0.29, 0.717) is 17.7 Å². The van der Waals surface area contributed by atoms with Gasteiger partial charge in [-0.15, -0.1) is 0 Å². The normalized spacial score (nSPS) is 12.6. The van der Waals surface area contributed by atoms with E-state index >= 15 is 0 Å². The fourth-order valence-electron chi connectivity index (χ4n) is 1.86. The molecule has 0 aliphatic carbocycles. The van der Waals surface area contributed by atoms with Crippen molar-refractivity contribution < 1.29 is 24.2 Å². The van der Waals surface area contributed by atoms with E-state index in [0.717, 1.165) is 6.42 Å². The lowest BCUT2D eigenvalue weighted by atomic mass is 9.95. The molecular formula is C16H22O5. The van der Waals surface area contributed by atoms with Crippen molar-refractivity contribution in [1.29, 1.82) is 0 Å². The number of hydrogen-bond donors (Lipinski definition) is 1. The van der Waals surface area contributed by atoms with Gasteiger partial charge in [0.05, 0.1) is 5.92 Å². The molecular weight excluding hydrogens is 272 g/mol. The van der Waals surface area contributed by atoms with Crippen LogP contribution in [0.3, 0.4) is 0 Å². The van der Waals surface area contributed by atoms with E-state index in [4.69, 9.17) is 9.47 Å². The molecule has 5 heteroatoms. The average Bonchev–Trinajstić information content (AvgIpc) is 2.34. The number of benzene rings is 1. The third-order valence-electron chi connectivity index (χ3n) is 2.75. The lowest BCUT2D eigenvalue weighted by Gasteiger charge is -2.18. The molecule has 0 aliphatic heterocycles. The molecule has 1 aromatic rings. The van der Waals surface area contributed by atoms with Crippen molar-refractivity contribution in [2.24, 2.45) is 0 Å². The summed E-state index contributed by atoms with van der Waals surface area (Å²) in [6.45, 7) is 7.19. The minimum Gasteiger partial charge on any atom is -0.481 e. The molecule has 116 valence electrons. The summed E-state index contributed by atoms with van der Waals surface area (Å²) in [5.41, 5.74) is 0.0768. The molecule has 1 N–H and O–H groups in total. The highest BCUT2D eigenvalue weighted by molar-refractivity contribution is 5.76. The molecule has 0 aromatic heterocycles. The molecule has 0 heterocycles. The molecule has 0 aliphatic rings. The maximum absolute atomic E-state index is 11.5. The summed E-state index contributed by atoms with van der Waals surface area (Å²) in [4.78, 5) is 22.7. The summed E-state index contributed by atoms with van der Waals surface area (Å²) >= 11 is 0. The van der Waals surface area contributed by atoms with E-state index < -0.39 is 23.6 Å². The van der Waals surface area contributed by atoms with Gasteiger partial charge >= 0.3 is 12.1 Å². The second kappa shape index (κ2) is 7.11. The van der Waals surface area contributed by atoms with Crippen LogP contribution in [-0.4, -0.2) is 22.8 Å². The summed E-state index contributed by atoms with van der Waals surface area (Å²) < 4.78 is 10.1. The largest absolute Gasteiger partial charge is 0.514 e. The van der Waals surface area contributed by atoms with Crippen molar-refractivity contribution in [1.82, 2.24) is 0 Å². The molecule has 0 bridgehead atoms. The van der Waals surface area contributed by atoms with Crippen molar-refractivity contribution in [2.45, 2.75) is 52.1 Å². The van der Waals surface area contributed by atoms with Crippen molar-refractivity contribution in [3.63, 3.8) is 0 Å². The zero-order valence-electron chi connectivity index (χ0n) is 12.9. The maximum atomic E-state index is 11.5. The Balaban J connectivity index is 2.73. The quantitative estimate of drug-likeness (QED) is 0.657. The Morgan fingerprint density at radius 1 is 1.19 bits per heavy atom. The molecule has 5 nitrogen and oxygen atoms in total. The van der Waals surface area contributed by atoms with Crippen LogP contribution >= 0.6 is 0 Å². The molecule has 0 amide bonds. The number of carboxylic acids is 1. The van der Waals surface area contributed by atoms with Crippen LogP contribution in [0.1, 0.15) is 52.0 Å². The number of hydrogen-bond acceptors (Lipinski definition) is 4. The first-order valence-corrected chi connectivity index (χ1v) is 6.96. The zero-order chi connectivity index (χ0) is 16.0. The van der Waals surface area contributed by atoms with Gasteiger partial charge in [0.15, 0.2) is 0 Å². The lowest BCUT2D eigenvalue weighted by molar-refractivity contribution is -0.139. The average molecular weight is 294 g/mol. The van der Waals surface area contributed by atoms with Crippen LogP contribution in [0.4, 0.5) is 4.79 Å². The highest BCUT2D eigenvalue weighted by Crippen LogP contribution is 2.24. The van der Waals surface area contributed by atoms with E-state index in [1.54, 1.807) is 45.0 Å². The van der Waals surface area contributed by atoms with Gasteiger partial charge in [0.2, 0.25) is 0 Å². The van der Waals surface area contributed by atoms with Crippen LogP contribution < -0.4 is 4.74 Å². The van der Waals surface area contributed by atoms with Gasteiger partial charge in [0.25, 0.3) is 0 Å². The minimum absolute atomic E-state index is 0.327. The topological polar surface area (TPSA) is 72.8 Å². The van der Waals surface area contributed by atoms with Crippen molar-refractivity contribution in [3.05, 3.63) is 29.8 Å². The Bertz CT molecular complexity index is 484. The number of carbonyl (C=O) groups is 2. The predicted octanol–water partition coefficient (Wildman–Crippen LogP) is 3.97. The van der Waals surface area contributed by atoms with E-state index in [1.165, 1.54) is 0 Å². The van der Waals surface area contributed by atoms with Gasteiger partial charge in [-0.1, -0.05) is 25.5 Å². The Kier molecular flexibility index (Phi) is 5.76. The van der Waals surface area contributed by atoms with Gasteiger partial charge in [-0.3, -0.25) is 4.79 Å². The Hall–Kier alpha value is -2.04. The van der Waals surface area contributed by atoms with Crippen molar-refractivity contribution >= 4 is 12.1 Å². The van der Waals surface area contributed by atoms with Crippen LogP contribution in [0.15, 0.2) is 24.3 Å². The highest BCUT2D eigenvalue weighted by atomic mass is 16.7. The third-order valence-corrected chi connectivity index (χ3v) is 2.75.